The molecule has 0 aliphatic rings. The Kier molecular flexibility index (Phi) is 5.40. The molecule has 12 heteroatoms. The van der Waals surface area contributed by atoms with Crippen LogP contribution in [-0.4, -0.2) is 48.3 Å². The van der Waals surface area contributed by atoms with Crippen molar-refractivity contribution in [3.63, 3.8) is 0 Å². The number of aromatic hydroxyl groups is 2. The molecular weight excluding hydrogens is 401 g/mol. The Bertz CT molecular complexity index is 992. The molecule has 0 unspecified atom stereocenters. The number of phenols is 2. The van der Waals surface area contributed by atoms with Crippen molar-refractivity contribution in [2.24, 2.45) is 0 Å². The van der Waals surface area contributed by atoms with Gasteiger partial charge in [0.1, 0.15) is 5.75 Å². The van der Waals surface area contributed by atoms with Gasteiger partial charge in [-0.1, -0.05) is 11.8 Å². The number of thioether (sulfide) groups is 1. The number of carbonyl (C=O) groups is 1. The lowest BCUT2D eigenvalue weighted by atomic mass is 10.1. The van der Waals surface area contributed by atoms with E-state index >= 15 is 0 Å². The van der Waals surface area contributed by atoms with E-state index in [1.165, 1.54) is 28.9 Å². The first-order valence-electron chi connectivity index (χ1n) is 7.55. The van der Waals surface area contributed by atoms with Crippen molar-refractivity contribution in [2.75, 3.05) is 5.75 Å². The van der Waals surface area contributed by atoms with Crippen LogP contribution < -0.4 is 4.74 Å². The van der Waals surface area contributed by atoms with Gasteiger partial charge in [0.05, 0.1) is 11.4 Å². The lowest BCUT2D eigenvalue weighted by molar-refractivity contribution is -0.274. The molecule has 3 rings (SSSR count). The molecule has 0 aliphatic carbocycles. The fourth-order valence-electron chi connectivity index (χ4n) is 2.13. The van der Waals surface area contributed by atoms with Gasteiger partial charge in [-0.15, -0.1) is 18.3 Å². The number of hydrogen-bond acceptors (Lipinski definition) is 8. The summed E-state index contributed by atoms with van der Waals surface area (Å²) in [5.41, 5.74) is 0.562. The Morgan fingerprint density at radius 1 is 1.11 bits per heavy atom. The van der Waals surface area contributed by atoms with E-state index in [0.29, 0.717) is 5.69 Å². The van der Waals surface area contributed by atoms with Crippen molar-refractivity contribution in [1.29, 1.82) is 0 Å². The zero-order valence-corrected chi connectivity index (χ0v) is 14.6. The molecule has 1 aromatic heterocycles. The molecule has 8 nitrogen and oxygen atoms in total. The molecule has 0 atom stereocenters. The zero-order chi connectivity index (χ0) is 20.3. The third-order valence-corrected chi connectivity index (χ3v) is 4.30. The van der Waals surface area contributed by atoms with Crippen molar-refractivity contribution in [3.05, 3.63) is 48.0 Å². The Hall–Kier alpha value is -3.28. The molecule has 28 heavy (non-hydrogen) atoms. The summed E-state index contributed by atoms with van der Waals surface area (Å²) >= 11 is 0.998. The van der Waals surface area contributed by atoms with Crippen LogP contribution in [0.1, 0.15) is 10.4 Å². The van der Waals surface area contributed by atoms with Gasteiger partial charge < -0.3 is 14.9 Å². The summed E-state index contributed by atoms with van der Waals surface area (Å²) in [6, 6.07) is 8.60. The number of phenolic OH excluding ortho intramolecular Hbond substituents is 2. The Balaban J connectivity index is 1.70. The highest BCUT2D eigenvalue weighted by atomic mass is 32.2. The van der Waals surface area contributed by atoms with Crippen LogP contribution in [0, 0.1) is 0 Å². The highest BCUT2D eigenvalue weighted by molar-refractivity contribution is 7.99. The molecule has 0 saturated heterocycles. The highest BCUT2D eigenvalue weighted by Gasteiger charge is 2.31. The monoisotopic (exact) mass is 412 g/mol. The second-order valence-electron chi connectivity index (χ2n) is 5.33. The van der Waals surface area contributed by atoms with Gasteiger partial charge in [0, 0.05) is 5.56 Å². The third kappa shape index (κ3) is 4.71. The summed E-state index contributed by atoms with van der Waals surface area (Å²) in [7, 11) is 0. The topological polar surface area (TPSA) is 110 Å². The minimum atomic E-state index is -4.79. The van der Waals surface area contributed by atoms with E-state index in [1.54, 1.807) is 0 Å². The van der Waals surface area contributed by atoms with Gasteiger partial charge in [-0.05, 0) is 52.9 Å². The molecule has 2 aromatic carbocycles. The smallest absolute Gasteiger partial charge is 0.504 e. The normalized spacial score (nSPS) is 11.4. The first-order chi connectivity index (χ1) is 13.2. The van der Waals surface area contributed by atoms with E-state index in [4.69, 9.17) is 0 Å². The van der Waals surface area contributed by atoms with E-state index < -0.39 is 12.1 Å². The van der Waals surface area contributed by atoms with E-state index in [9.17, 15) is 28.2 Å². The fraction of sp³-hybridized carbons (Fsp3) is 0.125. The Labute approximate surface area is 159 Å². The highest BCUT2D eigenvalue weighted by Crippen LogP contribution is 2.27. The quantitative estimate of drug-likeness (QED) is 0.361. The summed E-state index contributed by atoms with van der Waals surface area (Å²) in [6.07, 6.45) is -4.79. The number of benzene rings is 2. The van der Waals surface area contributed by atoms with Gasteiger partial charge in [0.15, 0.2) is 17.3 Å². The Morgan fingerprint density at radius 2 is 1.82 bits per heavy atom. The summed E-state index contributed by atoms with van der Waals surface area (Å²) in [5, 5.41) is 30.0. The largest absolute Gasteiger partial charge is 0.573 e. The molecule has 3 aromatic rings. The SMILES string of the molecule is O=C(CSc1nnnn1-c1ccc(OC(F)(F)F)cc1)c1ccc(O)c(O)c1. The summed E-state index contributed by atoms with van der Waals surface area (Å²) in [5.74, 6) is -1.56. The molecule has 0 fully saturated rings. The molecule has 0 amide bonds. The van der Waals surface area contributed by atoms with Crippen LogP contribution in [0.5, 0.6) is 17.2 Å². The number of carbonyl (C=O) groups excluding carboxylic acids is 1. The Morgan fingerprint density at radius 3 is 2.46 bits per heavy atom. The number of alkyl halides is 3. The number of halogens is 3. The summed E-state index contributed by atoms with van der Waals surface area (Å²) in [4.78, 5) is 12.2. The average Bonchev–Trinajstić information content (AvgIpc) is 3.10. The van der Waals surface area contributed by atoms with Gasteiger partial charge in [-0.3, -0.25) is 4.79 Å². The van der Waals surface area contributed by atoms with Crippen molar-refractivity contribution in [1.82, 2.24) is 20.2 Å². The molecular formula is C16H11F3N4O4S. The lowest BCUT2D eigenvalue weighted by Crippen LogP contribution is -2.17. The van der Waals surface area contributed by atoms with E-state index in [0.717, 1.165) is 30.0 Å². The first kappa shape index (κ1) is 19.5. The number of ether oxygens (including phenoxy) is 1. The zero-order valence-electron chi connectivity index (χ0n) is 13.8. The summed E-state index contributed by atoms with van der Waals surface area (Å²) < 4.78 is 41.7. The second kappa shape index (κ2) is 7.76. The van der Waals surface area contributed by atoms with Crippen LogP contribution in [0.15, 0.2) is 47.6 Å². The minimum Gasteiger partial charge on any atom is -0.504 e. The number of ketones is 1. The minimum absolute atomic E-state index is 0.0696. The first-order valence-corrected chi connectivity index (χ1v) is 8.54. The third-order valence-electron chi connectivity index (χ3n) is 3.39. The van der Waals surface area contributed by atoms with E-state index in [-0.39, 0.29) is 33.8 Å². The maximum atomic E-state index is 12.2. The molecule has 1 heterocycles. The average molecular weight is 412 g/mol. The number of Topliss-reactive ketones (excluding diaryl/α,β-unsaturated/α-hetero) is 1. The fourth-order valence-corrected chi connectivity index (χ4v) is 2.92. The standard InChI is InChI=1S/C16H11F3N4O4S/c17-16(18,19)27-11-4-2-10(3-5-11)23-15(20-21-22-23)28-8-14(26)9-1-6-12(24)13(25)7-9/h1-7,24-25H,8H2. The van der Waals surface area contributed by atoms with Crippen molar-refractivity contribution >= 4 is 17.5 Å². The van der Waals surface area contributed by atoms with Gasteiger partial charge >= 0.3 is 6.36 Å². The predicted molar refractivity (Wildman–Crippen MR) is 90.7 cm³/mol. The lowest BCUT2D eigenvalue weighted by Gasteiger charge is -2.09. The van der Waals surface area contributed by atoms with Gasteiger partial charge in [0.2, 0.25) is 5.16 Å². The van der Waals surface area contributed by atoms with Gasteiger partial charge in [-0.2, -0.15) is 4.68 Å². The van der Waals surface area contributed by atoms with Crippen LogP contribution in [0.25, 0.3) is 5.69 Å². The predicted octanol–water partition coefficient (Wildman–Crippen LogP) is 2.95. The van der Waals surface area contributed by atoms with Crippen LogP contribution in [-0.2, 0) is 0 Å². The molecule has 0 radical (unpaired) electrons. The second-order valence-corrected chi connectivity index (χ2v) is 6.27. The summed E-state index contributed by atoms with van der Waals surface area (Å²) in [6.45, 7) is 0. The van der Waals surface area contributed by atoms with Crippen LogP contribution in [0.4, 0.5) is 13.2 Å². The van der Waals surface area contributed by atoms with E-state index in [1.807, 2.05) is 0 Å². The van der Waals surface area contributed by atoms with E-state index in [2.05, 4.69) is 20.3 Å². The van der Waals surface area contributed by atoms with Crippen LogP contribution >= 0.6 is 11.8 Å². The van der Waals surface area contributed by atoms with Crippen molar-refractivity contribution in [2.45, 2.75) is 11.5 Å². The number of hydrogen-bond donors (Lipinski definition) is 2. The van der Waals surface area contributed by atoms with Crippen LogP contribution in [0.2, 0.25) is 0 Å². The molecule has 146 valence electrons. The molecule has 0 spiro atoms. The molecule has 0 bridgehead atoms. The van der Waals surface area contributed by atoms with Crippen molar-refractivity contribution < 1.29 is 32.9 Å². The molecule has 0 saturated carbocycles. The number of tetrazole rings is 1. The van der Waals surface area contributed by atoms with Gasteiger partial charge in [0.25, 0.3) is 0 Å². The molecule has 0 aliphatic heterocycles. The molecule has 2 N–H and O–H groups in total. The van der Waals surface area contributed by atoms with Crippen LogP contribution in [0.3, 0.4) is 0 Å². The maximum absolute atomic E-state index is 12.2. The maximum Gasteiger partial charge on any atom is 0.573 e. The number of aromatic nitrogens is 4. The van der Waals surface area contributed by atoms with Gasteiger partial charge in [-0.25, -0.2) is 0 Å². The number of nitrogens with zero attached hydrogens (tertiary/aromatic N) is 4. The van der Waals surface area contributed by atoms with Crippen molar-refractivity contribution in [3.8, 4) is 22.9 Å². The number of rotatable bonds is 6.